The van der Waals surface area contributed by atoms with Gasteiger partial charge < -0.3 is 15.3 Å². The Morgan fingerprint density at radius 1 is 1.82 bits per heavy atom. The molecule has 0 saturated heterocycles. The molecule has 1 aliphatic rings. The molecule has 1 unspecified atom stereocenters. The molecule has 0 radical (unpaired) electrons. The summed E-state index contributed by atoms with van der Waals surface area (Å²) in [7, 11) is 0. The third-order valence-corrected chi connectivity index (χ3v) is 2.10. The van der Waals surface area contributed by atoms with E-state index in [1.165, 1.54) is 0 Å². The van der Waals surface area contributed by atoms with Crippen molar-refractivity contribution in [3.63, 3.8) is 0 Å². The summed E-state index contributed by atoms with van der Waals surface area (Å²) < 4.78 is 0. The summed E-state index contributed by atoms with van der Waals surface area (Å²) in [5.74, 6) is 0. The number of hydrogen-bond donors (Lipinski definition) is 2. The zero-order chi connectivity index (χ0) is 8.43. The Kier molecular flexibility index (Phi) is 2.46. The summed E-state index contributed by atoms with van der Waals surface area (Å²) in [5.41, 5.74) is 0.993. The van der Waals surface area contributed by atoms with Gasteiger partial charge in [-0.2, -0.15) is 0 Å². The third kappa shape index (κ3) is 1.70. The zero-order valence-corrected chi connectivity index (χ0v) is 7.48. The first-order chi connectivity index (χ1) is 5.15. The van der Waals surface area contributed by atoms with E-state index >= 15 is 0 Å². The molecule has 1 heterocycles. The van der Waals surface area contributed by atoms with E-state index in [0.717, 1.165) is 12.1 Å². The molecule has 0 aromatic heterocycles. The quantitative estimate of drug-likeness (QED) is 0.562. The van der Waals surface area contributed by atoms with Crippen LogP contribution in [-0.2, 0) is 0 Å². The van der Waals surface area contributed by atoms with E-state index in [-0.39, 0.29) is 0 Å². The molecule has 11 heavy (non-hydrogen) atoms. The maximum Gasteiger partial charge on any atom is 0.205 e. The van der Waals surface area contributed by atoms with Crippen molar-refractivity contribution in [1.82, 2.24) is 10.2 Å². The molecule has 0 bridgehead atoms. The van der Waals surface area contributed by atoms with E-state index in [1.807, 2.05) is 20.0 Å². The second kappa shape index (κ2) is 3.19. The fraction of sp³-hybridized carbons (Fsp3) is 0.571. The average Bonchev–Trinajstić information content (AvgIpc) is 1.97. The van der Waals surface area contributed by atoms with Crippen molar-refractivity contribution >= 4 is 17.2 Å². The molecule has 62 valence electrons. The zero-order valence-electron chi connectivity index (χ0n) is 6.66. The highest BCUT2D eigenvalue weighted by Crippen LogP contribution is 2.07. The first kappa shape index (κ1) is 8.49. The molecule has 0 aromatic rings. The van der Waals surface area contributed by atoms with Crippen LogP contribution in [0.15, 0.2) is 11.8 Å². The van der Waals surface area contributed by atoms with Gasteiger partial charge in [0.15, 0.2) is 0 Å². The van der Waals surface area contributed by atoms with Crippen LogP contribution in [0.2, 0.25) is 0 Å². The van der Waals surface area contributed by atoms with E-state index in [4.69, 9.17) is 12.2 Å². The van der Waals surface area contributed by atoms with E-state index in [0.29, 0.717) is 4.99 Å². The highest BCUT2D eigenvalue weighted by atomic mass is 32.1. The Morgan fingerprint density at radius 3 is 3.00 bits per heavy atom. The molecular weight excluding hydrogens is 160 g/mol. The molecule has 0 aromatic carbocycles. The normalized spacial score (nSPS) is 24.6. The molecule has 0 saturated carbocycles. The van der Waals surface area contributed by atoms with Crippen LogP contribution in [0, 0.1) is 0 Å². The molecule has 1 aliphatic heterocycles. The van der Waals surface area contributed by atoms with Crippen LogP contribution in [0.4, 0.5) is 0 Å². The van der Waals surface area contributed by atoms with Crippen molar-refractivity contribution in [3.05, 3.63) is 11.8 Å². The minimum absolute atomic E-state index is 0.627. The van der Waals surface area contributed by atoms with Gasteiger partial charge in [0.2, 0.25) is 6.35 Å². The van der Waals surface area contributed by atoms with E-state index in [1.54, 1.807) is 4.90 Å². The Morgan fingerprint density at radius 2 is 2.45 bits per heavy atom. The number of thiocarbonyl (C=S) groups is 1. The van der Waals surface area contributed by atoms with E-state index in [9.17, 15) is 5.11 Å². The predicted octanol–water partition coefficient (Wildman–Crippen LogP) is 0.419. The number of aliphatic hydroxyl groups excluding tert-OH is 1. The predicted molar refractivity (Wildman–Crippen MR) is 47.9 cm³/mol. The van der Waals surface area contributed by atoms with Crippen LogP contribution in [0.5, 0.6) is 0 Å². The van der Waals surface area contributed by atoms with Gasteiger partial charge in [0, 0.05) is 12.7 Å². The minimum Gasteiger partial charge on any atom is -0.356 e. The third-order valence-electron chi connectivity index (χ3n) is 1.66. The van der Waals surface area contributed by atoms with Crippen molar-refractivity contribution in [2.24, 2.45) is 0 Å². The van der Waals surface area contributed by atoms with Crippen LogP contribution < -0.4 is 5.32 Å². The van der Waals surface area contributed by atoms with Gasteiger partial charge in [0.1, 0.15) is 4.99 Å². The Bertz CT molecular complexity index is 203. The molecule has 2 N–H and O–H groups in total. The maximum atomic E-state index is 9.34. The van der Waals surface area contributed by atoms with Crippen LogP contribution in [-0.4, -0.2) is 27.9 Å². The van der Waals surface area contributed by atoms with Gasteiger partial charge in [-0.15, -0.1) is 0 Å². The van der Waals surface area contributed by atoms with Crippen molar-refractivity contribution < 1.29 is 5.11 Å². The summed E-state index contributed by atoms with van der Waals surface area (Å²) in [4.78, 5) is 2.41. The van der Waals surface area contributed by atoms with Gasteiger partial charge in [-0.1, -0.05) is 12.2 Å². The first-order valence-corrected chi connectivity index (χ1v) is 3.99. The Labute approximate surface area is 71.7 Å². The van der Waals surface area contributed by atoms with Crippen molar-refractivity contribution in [3.8, 4) is 0 Å². The molecule has 4 heteroatoms. The van der Waals surface area contributed by atoms with Crippen LogP contribution in [0.3, 0.4) is 0 Å². The smallest absolute Gasteiger partial charge is 0.205 e. The summed E-state index contributed by atoms with van der Waals surface area (Å²) in [5, 5.41) is 12.1. The molecular formula is C7H12N2OS. The van der Waals surface area contributed by atoms with Gasteiger partial charge in [-0.25, -0.2) is 0 Å². The largest absolute Gasteiger partial charge is 0.356 e. The lowest BCUT2D eigenvalue weighted by molar-refractivity contribution is 0.0254. The molecule has 0 aliphatic carbocycles. The lowest BCUT2D eigenvalue weighted by Gasteiger charge is -2.31. The monoisotopic (exact) mass is 172 g/mol. The topological polar surface area (TPSA) is 35.5 Å². The molecule has 0 fully saturated rings. The molecule has 1 rings (SSSR count). The number of nitrogens with zero attached hydrogens (tertiary/aromatic N) is 1. The van der Waals surface area contributed by atoms with Gasteiger partial charge in [-0.05, 0) is 19.4 Å². The Hall–Kier alpha value is -0.610. The fourth-order valence-corrected chi connectivity index (χ4v) is 1.11. The lowest BCUT2D eigenvalue weighted by Crippen LogP contribution is -2.49. The van der Waals surface area contributed by atoms with Crippen LogP contribution in [0.1, 0.15) is 13.8 Å². The molecule has 3 nitrogen and oxygen atoms in total. The van der Waals surface area contributed by atoms with Gasteiger partial charge >= 0.3 is 0 Å². The number of rotatable bonds is 1. The maximum absolute atomic E-state index is 9.34. The summed E-state index contributed by atoms with van der Waals surface area (Å²) in [6.45, 7) is 4.67. The number of nitrogens with one attached hydrogen (secondary N) is 1. The molecule has 0 amide bonds. The molecule has 1 atom stereocenters. The summed E-state index contributed by atoms with van der Waals surface area (Å²) in [6, 6.07) is 0. The van der Waals surface area contributed by atoms with Gasteiger partial charge in [-0.3, -0.25) is 0 Å². The number of aliphatic hydroxyl groups is 1. The van der Waals surface area contributed by atoms with Crippen molar-refractivity contribution in [2.45, 2.75) is 20.2 Å². The lowest BCUT2D eigenvalue weighted by atomic mass is 10.3. The summed E-state index contributed by atoms with van der Waals surface area (Å²) >= 11 is 4.94. The fourth-order valence-electron chi connectivity index (χ4n) is 0.956. The van der Waals surface area contributed by atoms with Gasteiger partial charge in [0.25, 0.3) is 0 Å². The molecule has 0 spiro atoms. The van der Waals surface area contributed by atoms with Gasteiger partial charge in [0.05, 0.1) is 0 Å². The highest BCUT2D eigenvalue weighted by Gasteiger charge is 2.17. The van der Waals surface area contributed by atoms with Crippen LogP contribution >= 0.6 is 12.2 Å². The highest BCUT2D eigenvalue weighted by molar-refractivity contribution is 7.80. The second-order valence-electron chi connectivity index (χ2n) is 2.49. The first-order valence-electron chi connectivity index (χ1n) is 3.58. The van der Waals surface area contributed by atoms with E-state index in [2.05, 4.69) is 5.32 Å². The van der Waals surface area contributed by atoms with Crippen LogP contribution in [0.25, 0.3) is 0 Å². The number of hydrogen-bond acceptors (Lipinski definition) is 3. The Balaban J connectivity index is 2.77. The van der Waals surface area contributed by atoms with Crippen molar-refractivity contribution in [1.29, 1.82) is 0 Å². The summed E-state index contributed by atoms with van der Waals surface area (Å²) in [6.07, 6.45) is 1.21. The second-order valence-corrected chi connectivity index (χ2v) is 2.90. The SMILES string of the molecule is CCN1C=C(C)C(=S)NC1O. The van der Waals surface area contributed by atoms with E-state index < -0.39 is 6.35 Å². The standard InChI is InChI=1S/C7H12N2OS/c1-3-9-4-5(2)6(11)8-7(9)10/h4,7,10H,3H2,1-2H3,(H,8,11). The average molecular weight is 172 g/mol. The minimum atomic E-state index is -0.656. The van der Waals surface area contributed by atoms with Crippen molar-refractivity contribution in [2.75, 3.05) is 6.54 Å².